The van der Waals surface area contributed by atoms with Crippen LogP contribution in [0.4, 0.5) is 0 Å². The normalized spacial score (nSPS) is 10.5. The van der Waals surface area contributed by atoms with Gasteiger partial charge in [0.25, 0.3) is 0 Å². The molecule has 0 saturated heterocycles. The van der Waals surface area contributed by atoms with E-state index in [4.69, 9.17) is 9.15 Å². The highest BCUT2D eigenvalue weighted by Crippen LogP contribution is 2.29. The van der Waals surface area contributed by atoms with E-state index in [-0.39, 0.29) is 21.8 Å². The summed E-state index contributed by atoms with van der Waals surface area (Å²) in [6.07, 6.45) is 0. The second kappa shape index (κ2) is 5.25. The van der Waals surface area contributed by atoms with Crippen LogP contribution in [0.3, 0.4) is 0 Å². The second-order valence-corrected chi connectivity index (χ2v) is 4.50. The topological polar surface area (TPSA) is 56.5 Å². The van der Waals surface area contributed by atoms with Crippen LogP contribution < -0.4 is 15.6 Å². The first kappa shape index (κ1) is 13.1. The third-order valence-electron chi connectivity index (χ3n) is 3.20. The van der Waals surface area contributed by atoms with E-state index in [0.717, 1.165) is 0 Å². The zero-order chi connectivity index (χ0) is 14.8. The van der Waals surface area contributed by atoms with Crippen molar-refractivity contribution in [1.29, 1.82) is 0 Å². The molecule has 0 atom stereocenters. The molecule has 4 nitrogen and oxygen atoms in total. The summed E-state index contributed by atoms with van der Waals surface area (Å²) in [4.78, 5) is 24.2. The van der Waals surface area contributed by atoms with Crippen molar-refractivity contribution in [3.63, 3.8) is 0 Å². The summed E-state index contributed by atoms with van der Waals surface area (Å²) in [5, 5.41) is 0.267. The minimum Gasteiger partial charge on any atom is -0.496 e. The number of rotatable bonds is 2. The smallest absolute Gasteiger partial charge is 0.221 e. The van der Waals surface area contributed by atoms with Crippen molar-refractivity contribution in [2.75, 3.05) is 7.11 Å². The summed E-state index contributed by atoms with van der Waals surface area (Å²) in [6.45, 7) is 0. The van der Waals surface area contributed by atoms with E-state index < -0.39 is 0 Å². The van der Waals surface area contributed by atoms with Gasteiger partial charge in [0.1, 0.15) is 11.5 Å². The summed E-state index contributed by atoms with van der Waals surface area (Å²) in [6, 6.07) is 14.7. The third kappa shape index (κ3) is 2.31. The highest BCUT2D eigenvalue weighted by molar-refractivity contribution is 5.78. The Hall–Kier alpha value is -2.88. The van der Waals surface area contributed by atoms with Gasteiger partial charge in [-0.1, -0.05) is 24.3 Å². The first-order valence-electron chi connectivity index (χ1n) is 6.41. The lowest BCUT2D eigenvalue weighted by Crippen LogP contribution is -2.05. The van der Waals surface area contributed by atoms with E-state index in [1.54, 1.807) is 30.3 Å². The second-order valence-electron chi connectivity index (χ2n) is 4.50. The van der Waals surface area contributed by atoms with Crippen molar-refractivity contribution in [3.05, 3.63) is 75.0 Å². The molecule has 0 fully saturated rings. The molecule has 0 aliphatic heterocycles. The molecular formula is C17H12O4. The lowest BCUT2D eigenvalue weighted by atomic mass is 10.1. The van der Waals surface area contributed by atoms with E-state index in [9.17, 15) is 9.59 Å². The Labute approximate surface area is 120 Å². The van der Waals surface area contributed by atoms with E-state index >= 15 is 0 Å². The van der Waals surface area contributed by atoms with Gasteiger partial charge in [0.2, 0.25) is 5.43 Å². The van der Waals surface area contributed by atoms with Gasteiger partial charge >= 0.3 is 0 Å². The standard InChI is InChI=1S/C17H12O4/c1-20-15-9-5-3-7-12(15)16-10-14(19)11-6-2-4-8-13(18)17(11)21-16/h2-10H,1H3. The summed E-state index contributed by atoms with van der Waals surface area (Å²) in [5.74, 6) is 0.890. The fourth-order valence-electron chi connectivity index (χ4n) is 2.20. The van der Waals surface area contributed by atoms with Gasteiger partial charge in [-0.15, -0.1) is 0 Å². The van der Waals surface area contributed by atoms with E-state index in [1.165, 1.54) is 19.2 Å². The molecule has 104 valence electrons. The van der Waals surface area contributed by atoms with Crippen LogP contribution in [0.25, 0.3) is 22.3 Å². The number of fused-ring (bicyclic) bond motifs is 1. The van der Waals surface area contributed by atoms with E-state index in [2.05, 4.69) is 0 Å². The first-order valence-corrected chi connectivity index (χ1v) is 6.41. The largest absolute Gasteiger partial charge is 0.496 e. The van der Waals surface area contributed by atoms with Crippen molar-refractivity contribution in [2.45, 2.75) is 0 Å². The molecule has 0 bridgehead atoms. The molecule has 2 aromatic carbocycles. The van der Waals surface area contributed by atoms with Crippen LogP contribution in [0.2, 0.25) is 0 Å². The number of para-hydroxylation sites is 1. The first-order chi connectivity index (χ1) is 10.2. The molecule has 1 aromatic heterocycles. The van der Waals surface area contributed by atoms with Gasteiger partial charge in [0, 0.05) is 6.07 Å². The Bertz CT molecular complexity index is 925. The molecule has 0 aliphatic carbocycles. The molecule has 0 saturated carbocycles. The van der Waals surface area contributed by atoms with Gasteiger partial charge in [-0.2, -0.15) is 0 Å². The van der Waals surface area contributed by atoms with Crippen LogP contribution in [-0.2, 0) is 0 Å². The molecule has 0 N–H and O–H groups in total. The third-order valence-corrected chi connectivity index (χ3v) is 3.20. The number of benzene rings is 1. The van der Waals surface area contributed by atoms with E-state index in [1.807, 2.05) is 12.1 Å². The van der Waals surface area contributed by atoms with Crippen LogP contribution >= 0.6 is 0 Å². The summed E-state index contributed by atoms with van der Waals surface area (Å²) < 4.78 is 10.9. The number of hydrogen-bond donors (Lipinski definition) is 0. The molecule has 0 aliphatic rings. The monoisotopic (exact) mass is 280 g/mol. The molecule has 3 aromatic rings. The molecule has 0 amide bonds. The van der Waals surface area contributed by atoms with Gasteiger partial charge in [-0.25, -0.2) is 0 Å². The SMILES string of the molecule is COc1ccccc1-c1cc(=O)c2ccccc(=O)c2o1. The fraction of sp³-hybridized carbons (Fsp3) is 0.0588. The average Bonchev–Trinajstić information content (AvgIpc) is 2.70. The maximum atomic E-state index is 12.2. The van der Waals surface area contributed by atoms with Crippen LogP contribution in [-0.4, -0.2) is 7.11 Å². The molecular weight excluding hydrogens is 268 g/mol. The Kier molecular flexibility index (Phi) is 3.28. The zero-order valence-electron chi connectivity index (χ0n) is 11.3. The van der Waals surface area contributed by atoms with Gasteiger partial charge < -0.3 is 9.15 Å². The van der Waals surface area contributed by atoms with Crippen molar-refractivity contribution < 1.29 is 9.15 Å². The highest BCUT2D eigenvalue weighted by atomic mass is 16.5. The van der Waals surface area contributed by atoms with Crippen LogP contribution in [0, 0.1) is 0 Å². The zero-order valence-corrected chi connectivity index (χ0v) is 11.3. The fourth-order valence-corrected chi connectivity index (χ4v) is 2.20. The summed E-state index contributed by atoms with van der Waals surface area (Å²) in [7, 11) is 1.54. The molecule has 0 radical (unpaired) electrons. The predicted octanol–water partition coefficient (Wildman–Crippen LogP) is 2.83. The average molecular weight is 280 g/mol. The number of hydrogen-bond acceptors (Lipinski definition) is 4. The Morgan fingerprint density at radius 3 is 2.43 bits per heavy atom. The van der Waals surface area contributed by atoms with Crippen molar-refractivity contribution in [2.24, 2.45) is 0 Å². The number of ether oxygens (including phenoxy) is 1. The molecule has 0 unspecified atom stereocenters. The van der Waals surface area contributed by atoms with E-state index in [0.29, 0.717) is 17.1 Å². The van der Waals surface area contributed by atoms with Gasteiger partial charge in [0.05, 0.1) is 18.1 Å². The number of methoxy groups -OCH3 is 1. The van der Waals surface area contributed by atoms with Crippen LogP contribution in [0.15, 0.2) is 68.6 Å². The Morgan fingerprint density at radius 1 is 0.905 bits per heavy atom. The minimum absolute atomic E-state index is 0.0495. The van der Waals surface area contributed by atoms with Crippen LogP contribution in [0.1, 0.15) is 0 Å². The van der Waals surface area contributed by atoms with Crippen molar-refractivity contribution >= 4 is 11.0 Å². The minimum atomic E-state index is -0.330. The predicted molar refractivity (Wildman–Crippen MR) is 80.7 cm³/mol. The van der Waals surface area contributed by atoms with Crippen molar-refractivity contribution in [3.8, 4) is 17.1 Å². The molecule has 21 heavy (non-hydrogen) atoms. The van der Waals surface area contributed by atoms with Gasteiger partial charge in [-0.3, -0.25) is 9.59 Å². The molecule has 4 heteroatoms. The Morgan fingerprint density at radius 2 is 1.62 bits per heavy atom. The quantitative estimate of drug-likeness (QED) is 0.724. The summed E-state index contributed by atoms with van der Waals surface area (Å²) >= 11 is 0. The lowest BCUT2D eigenvalue weighted by Gasteiger charge is -2.07. The maximum Gasteiger partial charge on any atom is 0.221 e. The summed E-state index contributed by atoms with van der Waals surface area (Å²) in [5.41, 5.74) is 0.0904. The molecule has 0 spiro atoms. The lowest BCUT2D eigenvalue weighted by molar-refractivity contribution is 0.415. The van der Waals surface area contributed by atoms with Gasteiger partial charge in [-0.05, 0) is 24.3 Å². The Balaban J connectivity index is 2.39. The maximum absolute atomic E-state index is 12.2. The highest BCUT2D eigenvalue weighted by Gasteiger charge is 2.11. The van der Waals surface area contributed by atoms with Gasteiger partial charge in [0.15, 0.2) is 11.0 Å². The molecule has 3 rings (SSSR count). The van der Waals surface area contributed by atoms with Crippen molar-refractivity contribution in [1.82, 2.24) is 0 Å². The molecule has 1 heterocycles. The van der Waals surface area contributed by atoms with Crippen LogP contribution in [0.5, 0.6) is 5.75 Å².